The van der Waals surface area contributed by atoms with Gasteiger partial charge in [0.1, 0.15) is 0 Å². The molecule has 0 aromatic heterocycles. The Bertz CT molecular complexity index is 72.6. The molecule has 0 aromatic carbocycles. The van der Waals surface area contributed by atoms with E-state index in [4.69, 9.17) is 4.43 Å². The van der Waals surface area contributed by atoms with Crippen LogP contribution < -0.4 is 0 Å². The Kier molecular flexibility index (Phi) is 4.60. The summed E-state index contributed by atoms with van der Waals surface area (Å²) >= 11 is 0. The van der Waals surface area contributed by atoms with Crippen molar-refractivity contribution < 1.29 is 4.43 Å². The molecule has 0 aliphatic heterocycles. The molecule has 0 atom stereocenters. The molecule has 0 saturated heterocycles. The molecule has 0 aliphatic carbocycles. The van der Waals surface area contributed by atoms with Gasteiger partial charge < -0.3 is 4.43 Å². The van der Waals surface area contributed by atoms with Crippen LogP contribution in [-0.2, 0) is 4.43 Å². The lowest BCUT2D eigenvalue weighted by molar-refractivity contribution is 0.439. The fourth-order valence-electron chi connectivity index (χ4n) is 0.425. The van der Waals surface area contributed by atoms with Gasteiger partial charge in [-0.05, 0) is 0 Å². The van der Waals surface area contributed by atoms with Crippen LogP contribution in [-0.4, -0.2) is 16.9 Å². The van der Waals surface area contributed by atoms with Crippen LogP contribution in [0.5, 0.6) is 0 Å². The molecule has 0 bridgehead atoms. The fourth-order valence-corrected chi connectivity index (χ4v) is 1.08. The molecule has 0 rings (SSSR count). The fraction of sp³-hybridized carbons (Fsp3) is 0.333. The van der Waals surface area contributed by atoms with Gasteiger partial charge in [0.05, 0.1) is 0 Å². The lowest BCUT2D eigenvalue weighted by atomic mass is 10.4. The van der Waals surface area contributed by atoms with E-state index in [1.54, 1.807) is 7.11 Å². The van der Waals surface area contributed by atoms with Crippen molar-refractivity contribution in [2.45, 2.75) is 5.54 Å². The lowest BCUT2D eigenvalue weighted by Crippen LogP contribution is -1.98. The topological polar surface area (TPSA) is 9.23 Å². The minimum absolute atomic E-state index is 0.400. The first-order valence-electron chi connectivity index (χ1n) is 2.59. The normalized spacial score (nSPS) is 10.8. The van der Waals surface area contributed by atoms with Crippen molar-refractivity contribution >= 4 is 9.76 Å². The average molecular weight is 128 g/mol. The highest BCUT2D eigenvalue weighted by Gasteiger charge is 1.95. The first-order chi connectivity index (χ1) is 3.85. The summed E-state index contributed by atoms with van der Waals surface area (Å²) in [5.74, 6) is 0. The molecule has 1 nitrogen and oxygen atoms in total. The molecular formula is C6H12OSi. The van der Waals surface area contributed by atoms with Gasteiger partial charge in [0.15, 0.2) is 9.76 Å². The van der Waals surface area contributed by atoms with Crippen LogP contribution in [0.15, 0.2) is 25.3 Å². The maximum Gasteiger partial charge on any atom is 0.171 e. The van der Waals surface area contributed by atoms with Gasteiger partial charge in [-0.25, -0.2) is 0 Å². The van der Waals surface area contributed by atoms with E-state index >= 15 is 0 Å². The zero-order valence-electron chi connectivity index (χ0n) is 5.26. The van der Waals surface area contributed by atoms with Crippen LogP contribution in [0.3, 0.4) is 0 Å². The Hall–Kier alpha value is -0.343. The van der Waals surface area contributed by atoms with Crippen LogP contribution in [0.2, 0.25) is 5.54 Å². The molecule has 0 aliphatic rings. The van der Waals surface area contributed by atoms with Gasteiger partial charge in [-0.3, -0.25) is 0 Å². The van der Waals surface area contributed by atoms with Crippen molar-refractivity contribution in [3.05, 3.63) is 25.3 Å². The third kappa shape index (κ3) is 2.77. The third-order valence-electron chi connectivity index (χ3n) is 0.965. The second kappa shape index (κ2) is 4.81. The molecule has 0 N–H and O–H groups in total. The van der Waals surface area contributed by atoms with Crippen LogP contribution in [0.1, 0.15) is 0 Å². The standard InChI is InChI=1S/C6H12OSi/c1-4-6(5-2)8-7-3/h4-6H,1-2,8H2,3H3. The van der Waals surface area contributed by atoms with Crippen LogP contribution >= 0.6 is 0 Å². The predicted molar refractivity (Wildman–Crippen MR) is 39.7 cm³/mol. The lowest BCUT2D eigenvalue weighted by Gasteiger charge is -2.00. The monoisotopic (exact) mass is 128 g/mol. The number of hydrogen-bond acceptors (Lipinski definition) is 1. The zero-order valence-corrected chi connectivity index (χ0v) is 6.68. The second-order valence-corrected chi connectivity index (χ2v) is 3.44. The Morgan fingerprint density at radius 3 is 2.12 bits per heavy atom. The summed E-state index contributed by atoms with van der Waals surface area (Å²) < 4.78 is 4.98. The highest BCUT2D eigenvalue weighted by molar-refractivity contribution is 6.31. The van der Waals surface area contributed by atoms with Crippen molar-refractivity contribution in [1.29, 1.82) is 0 Å². The van der Waals surface area contributed by atoms with Crippen molar-refractivity contribution in [3.8, 4) is 0 Å². The summed E-state index contributed by atoms with van der Waals surface area (Å²) in [5.41, 5.74) is 0.444. The molecule has 0 fully saturated rings. The van der Waals surface area contributed by atoms with Gasteiger partial charge in [0.2, 0.25) is 0 Å². The third-order valence-corrected chi connectivity index (χ3v) is 2.35. The summed E-state index contributed by atoms with van der Waals surface area (Å²) in [4.78, 5) is 0. The Labute approximate surface area is 53.0 Å². The molecule has 0 spiro atoms. The van der Waals surface area contributed by atoms with E-state index in [0.29, 0.717) is 5.54 Å². The zero-order chi connectivity index (χ0) is 6.41. The van der Waals surface area contributed by atoms with E-state index in [2.05, 4.69) is 13.2 Å². The van der Waals surface area contributed by atoms with Crippen molar-refractivity contribution in [3.63, 3.8) is 0 Å². The van der Waals surface area contributed by atoms with E-state index in [1.165, 1.54) is 0 Å². The minimum Gasteiger partial charge on any atom is -0.426 e. The summed E-state index contributed by atoms with van der Waals surface area (Å²) in [6.07, 6.45) is 3.76. The molecule has 0 saturated carbocycles. The molecule has 0 radical (unpaired) electrons. The minimum atomic E-state index is -0.400. The van der Waals surface area contributed by atoms with Crippen molar-refractivity contribution in [2.75, 3.05) is 7.11 Å². The first-order valence-corrected chi connectivity index (χ1v) is 3.98. The largest absolute Gasteiger partial charge is 0.426 e. The molecule has 46 valence electrons. The van der Waals surface area contributed by atoms with Gasteiger partial charge in [-0.1, -0.05) is 12.2 Å². The van der Waals surface area contributed by atoms with Crippen LogP contribution in [0.25, 0.3) is 0 Å². The summed E-state index contributed by atoms with van der Waals surface area (Å²) in [5, 5.41) is 0. The van der Waals surface area contributed by atoms with Crippen LogP contribution in [0, 0.1) is 0 Å². The maximum atomic E-state index is 4.98. The van der Waals surface area contributed by atoms with E-state index in [-0.39, 0.29) is 0 Å². The Balaban J connectivity index is 3.35. The molecule has 0 amide bonds. The molecule has 2 heteroatoms. The first kappa shape index (κ1) is 7.66. The van der Waals surface area contributed by atoms with Crippen molar-refractivity contribution in [1.82, 2.24) is 0 Å². The van der Waals surface area contributed by atoms with Crippen LogP contribution in [0.4, 0.5) is 0 Å². The van der Waals surface area contributed by atoms with Gasteiger partial charge in [0.25, 0.3) is 0 Å². The summed E-state index contributed by atoms with van der Waals surface area (Å²) in [7, 11) is 1.33. The van der Waals surface area contributed by atoms with Gasteiger partial charge in [-0.15, -0.1) is 13.2 Å². The van der Waals surface area contributed by atoms with E-state index in [0.717, 1.165) is 0 Å². The summed E-state index contributed by atoms with van der Waals surface area (Å²) in [6, 6.07) is 0. The SMILES string of the molecule is C=CC(C=C)[SiH2]OC. The molecule has 0 heterocycles. The number of rotatable bonds is 4. The smallest absolute Gasteiger partial charge is 0.171 e. The Morgan fingerprint density at radius 1 is 1.50 bits per heavy atom. The molecule has 0 aromatic rings. The second-order valence-electron chi connectivity index (χ2n) is 1.59. The van der Waals surface area contributed by atoms with E-state index in [1.807, 2.05) is 12.2 Å². The Morgan fingerprint density at radius 2 is 2.00 bits per heavy atom. The quantitative estimate of drug-likeness (QED) is 0.403. The average Bonchev–Trinajstić information content (AvgIpc) is 1.83. The van der Waals surface area contributed by atoms with Gasteiger partial charge in [-0.2, -0.15) is 0 Å². The van der Waals surface area contributed by atoms with Gasteiger partial charge in [0, 0.05) is 12.7 Å². The molecular weight excluding hydrogens is 116 g/mol. The van der Waals surface area contributed by atoms with E-state index in [9.17, 15) is 0 Å². The molecule has 8 heavy (non-hydrogen) atoms. The molecule has 0 unspecified atom stereocenters. The number of hydrogen-bond donors (Lipinski definition) is 0. The number of allylic oxidation sites excluding steroid dienone is 2. The maximum absolute atomic E-state index is 4.98. The highest BCUT2D eigenvalue weighted by Crippen LogP contribution is 2.03. The van der Waals surface area contributed by atoms with Gasteiger partial charge >= 0.3 is 0 Å². The summed E-state index contributed by atoms with van der Waals surface area (Å²) in [6.45, 7) is 7.27. The van der Waals surface area contributed by atoms with E-state index < -0.39 is 9.76 Å². The highest BCUT2D eigenvalue weighted by atomic mass is 28.2. The van der Waals surface area contributed by atoms with Crippen molar-refractivity contribution in [2.24, 2.45) is 0 Å². The predicted octanol–water partition coefficient (Wildman–Crippen LogP) is 0.877.